The van der Waals surface area contributed by atoms with E-state index in [-0.39, 0.29) is 18.2 Å². The number of benzene rings is 1. The van der Waals surface area contributed by atoms with Crippen molar-refractivity contribution >= 4 is 29.2 Å². The number of aromatic nitrogens is 1. The van der Waals surface area contributed by atoms with Gasteiger partial charge in [-0.15, -0.1) is 0 Å². The summed E-state index contributed by atoms with van der Waals surface area (Å²) >= 11 is 5.96. The Balaban J connectivity index is 1.96. The lowest BCUT2D eigenvalue weighted by Crippen LogP contribution is -2.30. The maximum Gasteiger partial charge on any atom is 0.243 e. The number of carbonyl (C=O) groups is 2. The zero-order valence-corrected chi connectivity index (χ0v) is 12.2. The lowest BCUT2D eigenvalue weighted by atomic mass is 9.98. The molecule has 1 fully saturated rings. The molecule has 0 saturated carbocycles. The topological polar surface area (TPSA) is 50.3 Å². The number of anilines is 1. The Hall–Kier alpha value is -2.20. The fourth-order valence-corrected chi connectivity index (χ4v) is 2.70. The van der Waals surface area contributed by atoms with Crippen LogP contribution < -0.4 is 4.90 Å². The van der Waals surface area contributed by atoms with E-state index in [4.69, 9.17) is 11.6 Å². The van der Waals surface area contributed by atoms with Crippen LogP contribution in [0.4, 0.5) is 5.82 Å². The van der Waals surface area contributed by atoms with Gasteiger partial charge >= 0.3 is 0 Å². The third kappa shape index (κ3) is 2.54. The summed E-state index contributed by atoms with van der Waals surface area (Å²) in [6.45, 7) is 1.89. The number of halogens is 1. The Morgan fingerprint density at radius 3 is 2.76 bits per heavy atom. The zero-order valence-electron chi connectivity index (χ0n) is 11.4. The molecule has 21 heavy (non-hydrogen) atoms. The van der Waals surface area contributed by atoms with Crippen LogP contribution in [0.25, 0.3) is 0 Å². The van der Waals surface area contributed by atoms with Crippen molar-refractivity contribution in [1.82, 2.24) is 4.98 Å². The van der Waals surface area contributed by atoms with Crippen LogP contribution in [0.5, 0.6) is 0 Å². The number of rotatable bonds is 2. The second-order valence-corrected chi connectivity index (χ2v) is 5.51. The SMILES string of the molecule is Cc1ccnc(N2C(=O)C[C@@H](c3cccc(Cl)c3)C2=O)c1. The van der Waals surface area contributed by atoms with Gasteiger partial charge in [0.25, 0.3) is 0 Å². The number of imide groups is 1. The van der Waals surface area contributed by atoms with Crippen LogP contribution in [0.15, 0.2) is 42.6 Å². The summed E-state index contributed by atoms with van der Waals surface area (Å²) < 4.78 is 0. The molecule has 1 aromatic carbocycles. The predicted octanol–water partition coefficient (Wildman–Crippen LogP) is 3.09. The second-order valence-electron chi connectivity index (χ2n) is 5.07. The van der Waals surface area contributed by atoms with Gasteiger partial charge in [-0.05, 0) is 42.3 Å². The van der Waals surface area contributed by atoms with Crippen LogP contribution >= 0.6 is 11.6 Å². The van der Waals surface area contributed by atoms with Crippen LogP contribution in [-0.4, -0.2) is 16.8 Å². The van der Waals surface area contributed by atoms with Gasteiger partial charge in [-0.2, -0.15) is 0 Å². The van der Waals surface area contributed by atoms with Crippen molar-refractivity contribution in [3.05, 3.63) is 58.7 Å². The summed E-state index contributed by atoms with van der Waals surface area (Å²) in [4.78, 5) is 30.1. The summed E-state index contributed by atoms with van der Waals surface area (Å²) in [6, 6.07) is 10.6. The minimum Gasteiger partial charge on any atom is -0.274 e. The Labute approximate surface area is 127 Å². The van der Waals surface area contributed by atoms with E-state index in [0.29, 0.717) is 10.8 Å². The van der Waals surface area contributed by atoms with Crippen molar-refractivity contribution in [2.24, 2.45) is 0 Å². The number of aryl methyl sites for hydroxylation is 1. The molecule has 0 radical (unpaired) electrons. The number of hydrogen-bond acceptors (Lipinski definition) is 3. The summed E-state index contributed by atoms with van der Waals surface area (Å²) in [5, 5.41) is 0.555. The fraction of sp³-hybridized carbons (Fsp3) is 0.188. The molecule has 0 spiro atoms. The molecular weight excluding hydrogens is 288 g/mol. The van der Waals surface area contributed by atoms with E-state index in [2.05, 4.69) is 4.98 Å². The summed E-state index contributed by atoms with van der Waals surface area (Å²) in [6.07, 6.45) is 1.74. The van der Waals surface area contributed by atoms with Crippen LogP contribution in [0.1, 0.15) is 23.5 Å². The van der Waals surface area contributed by atoms with E-state index in [1.807, 2.05) is 19.1 Å². The van der Waals surface area contributed by atoms with Gasteiger partial charge in [0.15, 0.2) is 0 Å². The molecule has 0 N–H and O–H groups in total. The summed E-state index contributed by atoms with van der Waals surface area (Å²) in [7, 11) is 0. The molecule has 0 bridgehead atoms. The highest BCUT2D eigenvalue weighted by atomic mass is 35.5. The van der Waals surface area contributed by atoms with Crippen molar-refractivity contribution in [3.63, 3.8) is 0 Å². The van der Waals surface area contributed by atoms with E-state index < -0.39 is 5.92 Å². The molecule has 2 aromatic rings. The molecule has 1 aliphatic rings. The molecule has 5 heteroatoms. The van der Waals surface area contributed by atoms with Gasteiger partial charge in [0.05, 0.1) is 5.92 Å². The molecule has 2 heterocycles. The van der Waals surface area contributed by atoms with Gasteiger partial charge in [-0.25, -0.2) is 9.88 Å². The minimum absolute atomic E-state index is 0.148. The van der Waals surface area contributed by atoms with E-state index in [1.165, 1.54) is 4.90 Å². The molecule has 106 valence electrons. The smallest absolute Gasteiger partial charge is 0.243 e. The van der Waals surface area contributed by atoms with E-state index in [9.17, 15) is 9.59 Å². The second kappa shape index (κ2) is 5.30. The molecule has 1 aromatic heterocycles. The van der Waals surface area contributed by atoms with Gasteiger partial charge in [0, 0.05) is 17.6 Å². The zero-order chi connectivity index (χ0) is 15.0. The maximum atomic E-state index is 12.6. The van der Waals surface area contributed by atoms with Crippen LogP contribution in [0, 0.1) is 6.92 Å². The summed E-state index contributed by atoms with van der Waals surface area (Å²) in [5.41, 5.74) is 1.71. The van der Waals surface area contributed by atoms with Gasteiger partial charge in [0.1, 0.15) is 5.82 Å². The number of carbonyl (C=O) groups excluding carboxylic acids is 2. The fourth-order valence-electron chi connectivity index (χ4n) is 2.50. The predicted molar refractivity (Wildman–Crippen MR) is 80.3 cm³/mol. The maximum absolute atomic E-state index is 12.6. The molecule has 3 rings (SSSR count). The quantitative estimate of drug-likeness (QED) is 0.801. The molecule has 0 unspecified atom stereocenters. The minimum atomic E-state index is -0.487. The highest BCUT2D eigenvalue weighted by Crippen LogP contribution is 2.33. The lowest BCUT2D eigenvalue weighted by molar-refractivity contribution is -0.121. The normalized spacial score (nSPS) is 18.4. The van der Waals surface area contributed by atoms with Gasteiger partial charge in [-0.3, -0.25) is 9.59 Å². The van der Waals surface area contributed by atoms with Gasteiger partial charge in [-0.1, -0.05) is 23.7 Å². The van der Waals surface area contributed by atoms with Crippen molar-refractivity contribution in [2.75, 3.05) is 4.90 Å². The average molecular weight is 301 g/mol. The van der Waals surface area contributed by atoms with Crippen LogP contribution in [0.3, 0.4) is 0 Å². The van der Waals surface area contributed by atoms with Crippen molar-refractivity contribution < 1.29 is 9.59 Å². The first-order valence-corrected chi connectivity index (χ1v) is 6.99. The van der Waals surface area contributed by atoms with E-state index in [1.54, 1.807) is 30.5 Å². The Morgan fingerprint density at radius 1 is 1.24 bits per heavy atom. The Morgan fingerprint density at radius 2 is 2.05 bits per heavy atom. The van der Waals surface area contributed by atoms with Crippen molar-refractivity contribution in [2.45, 2.75) is 19.3 Å². The van der Waals surface area contributed by atoms with Gasteiger partial charge in [0.2, 0.25) is 11.8 Å². The molecule has 2 amide bonds. The monoisotopic (exact) mass is 300 g/mol. The molecule has 4 nitrogen and oxygen atoms in total. The molecule has 1 atom stereocenters. The van der Waals surface area contributed by atoms with Crippen molar-refractivity contribution in [3.8, 4) is 0 Å². The average Bonchev–Trinajstić information content (AvgIpc) is 2.74. The Bertz CT molecular complexity index is 730. The van der Waals surface area contributed by atoms with Crippen LogP contribution in [-0.2, 0) is 9.59 Å². The lowest BCUT2D eigenvalue weighted by Gasteiger charge is -2.14. The largest absolute Gasteiger partial charge is 0.274 e. The summed E-state index contributed by atoms with van der Waals surface area (Å²) in [5.74, 6) is -0.587. The van der Waals surface area contributed by atoms with Crippen LogP contribution in [0.2, 0.25) is 5.02 Å². The third-order valence-corrected chi connectivity index (χ3v) is 3.76. The number of nitrogens with zero attached hydrogens (tertiary/aromatic N) is 2. The van der Waals surface area contributed by atoms with E-state index in [0.717, 1.165) is 11.1 Å². The molecule has 1 saturated heterocycles. The highest BCUT2D eigenvalue weighted by Gasteiger charge is 2.41. The standard InChI is InChI=1S/C16H13ClN2O2/c1-10-5-6-18-14(7-10)19-15(20)9-13(16(19)21)11-3-2-4-12(17)8-11/h2-8,13H,9H2,1H3/t13-/m0/s1. The first-order chi connectivity index (χ1) is 10.1. The molecular formula is C16H13ClN2O2. The Kier molecular flexibility index (Phi) is 3.47. The number of pyridine rings is 1. The molecule has 1 aliphatic heterocycles. The number of hydrogen-bond donors (Lipinski definition) is 0. The first kappa shape index (κ1) is 13.8. The van der Waals surface area contributed by atoms with E-state index >= 15 is 0 Å². The highest BCUT2D eigenvalue weighted by molar-refractivity contribution is 6.30. The molecule has 0 aliphatic carbocycles. The van der Waals surface area contributed by atoms with Gasteiger partial charge < -0.3 is 0 Å². The van der Waals surface area contributed by atoms with Crippen molar-refractivity contribution in [1.29, 1.82) is 0 Å². The third-order valence-electron chi connectivity index (χ3n) is 3.53. The number of amides is 2. The first-order valence-electron chi connectivity index (χ1n) is 6.61.